The van der Waals surface area contributed by atoms with Crippen molar-refractivity contribution < 1.29 is 0 Å². The molecule has 0 aliphatic carbocycles. The van der Waals surface area contributed by atoms with Crippen LogP contribution in [0.15, 0.2) is 36.9 Å². The van der Waals surface area contributed by atoms with Crippen molar-refractivity contribution in [2.45, 2.75) is 6.54 Å². The third kappa shape index (κ3) is 3.01. The molecule has 0 spiro atoms. The van der Waals surface area contributed by atoms with Gasteiger partial charge >= 0.3 is 0 Å². The van der Waals surface area contributed by atoms with Crippen LogP contribution in [-0.2, 0) is 6.54 Å². The third-order valence-electron chi connectivity index (χ3n) is 1.41. The van der Waals surface area contributed by atoms with Gasteiger partial charge in [0.25, 0.3) is 0 Å². The Labute approximate surface area is 67.8 Å². The van der Waals surface area contributed by atoms with Gasteiger partial charge in [-0.1, -0.05) is 30.3 Å². The minimum atomic E-state index is 0.860. The minimum Gasteiger partial charge on any atom is -0.309 e. The van der Waals surface area contributed by atoms with E-state index in [4.69, 9.17) is 0 Å². The van der Waals surface area contributed by atoms with Crippen LogP contribution in [0.3, 0.4) is 0 Å². The number of hydrogen-bond acceptors (Lipinski definition) is 1. The molecule has 0 heterocycles. The summed E-state index contributed by atoms with van der Waals surface area (Å²) in [5.74, 6) is 0. The van der Waals surface area contributed by atoms with E-state index < -0.39 is 0 Å². The van der Waals surface area contributed by atoms with Crippen molar-refractivity contribution >= 4 is 0 Å². The summed E-state index contributed by atoms with van der Waals surface area (Å²) in [5, 5.41) is 3.22. The van der Waals surface area contributed by atoms with Gasteiger partial charge in [0.15, 0.2) is 0 Å². The molecule has 0 aliphatic rings. The van der Waals surface area contributed by atoms with E-state index in [0.717, 1.165) is 13.1 Å². The Balaban J connectivity index is 2.33. The van der Waals surface area contributed by atoms with Crippen molar-refractivity contribution in [1.82, 2.24) is 5.32 Å². The van der Waals surface area contributed by atoms with Crippen LogP contribution >= 0.6 is 0 Å². The van der Waals surface area contributed by atoms with Crippen molar-refractivity contribution in [3.05, 3.63) is 48.6 Å². The van der Waals surface area contributed by atoms with Gasteiger partial charge in [-0.05, 0) is 11.6 Å². The summed E-state index contributed by atoms with van der Waals surface area (Å²) in [6, 6.07) is 10.9. The second-order valence-corrected chi connectivity index (χ2v) is 2.33. The zero-order chi connectivity index (χ0) is 7.94. The van der Waals surface area contributed by atoms with E-state index in [0.29, 0.717) is 0 Å². The SMILES string of the molecule is C=CCNCc1cc[c]cc1. The molecule has 0 atom stereocenters. The van der Waals surface area contributed by atoms with E-state index >= 15 is 0 Å². The lowest BCUT2D eigenvalue weighted by atomic mass is 10.2. The molecule has 1 radical (unpaired) electrons. The average Bonchev–Trinajstić information content (AvgIpc) is 2.07. The van der Waals surface area contributed by atoms with Gasteiger partial charge in [0.2, 0.25) is 0 Å². The van der Waals surface area contributed by atoms with Crippen LogP contribution in [0.5, 0.6) is 0 Å². The molecule has 0 fully saturated rings. The van der Waals surface area contributed by atoms with Gasteiger partial charge in [-0.15, -0.1) is 6.58 Å². The molecule has 0 amide bonds. The first-order chi connectivity index (χ1) is 5.43. The summed E-state index contributed by atoms with van der Waals surface area (Å²) in [6.07, 6.45) is 1.86. The summed E-state index contributed by atoms with van der Waals surface area (Å²) in [5.41, 5.74) is 1.28. The van der Waals surface area contributed by atoms with Gasteiger partial charge in [-0.25, -0.2) is 0 Å². The Morgan fingerprint density at radius 2 is 2.18 bits per heavy atom. The van der Waals surface area contributed by atoms with E-state index in [1.54, 1.807) is 0 Å². The quantitative estimate of drug-likeness (QED) is 0.504. The monoisotopic (exact) mass is 146 g/mol. The van der Waals surface area contributed by atoms with Crippen molar-refractivity contribution in [3.63, 3.8) is 0 Å². The number of hydrogen-bond donors (Lipinski definition) is 1. The number of benzene rings is 1. The molecule has 1 N–H and O–H groups in total. The zero-order valence-electron chi connectivity index (χ0n) is 6.51. The Morgan fingerprint density at radius 3 is 2.82 bits per heavy atom. The number of rotatable bonds is 4. The van der Waals surface area contributed by atoms with Crippen LogP contribution in [0.2, 0.25) is 0 Å². The summed E-state index contributed by atoms with van der Waals surface area (Å²) in [4.78, 5) is 0. The molecule has 11 heavy (non-hydrogen) atoms. The van der Waals surface area contributed by atoms with E-state index in [1.807, 2.05) is 18.2 Å². The molecule has 0 aliphatic heterocycles. The lowest BCUT2D eigenvalue weighted by Crippen LogP contribution is -2.12. The first-order valence-corrected chi connectivity index (χ1v) is 3.70. The molecule has 0 saturated heterocycles. The maximum atomic E-state index is 3.62. The number of nitrogens with one attached hydrogen (secondary N) is 1. The van der Waals surface area contributed by atoms with Crippen molar-refractivity contribution in [1.29, 1.82) is 0 Å². The molecule has 0 unspecified atom stereocenters. The van der Waals surface area contributed by atoms with Crippen LogP contribution in [0.25, 0.3) is 0 Å². The maximum Gasteiger partial charge on any atom is 0.0208 e. The van der Waals surface area contributed by atoms with Crippen LogP contribution in [0.1, 0.15) is 5.56 Å². The topological polar surface area (TPSA) is 12.0 Å². The molecule has 1 aromatic carbocycles. The molecule has 1 aromatic rings. The molecule has 0 saturated carbocycles. The Morgan fingerprint density at radius 1 is 1.45 bits per heavy atom. The summed E-state index contributed by atoms with van der Waals surface area (Å²) < 4.78 is 0. The van der Waals surface area contributed by atoms with Gasteiger partial charge in [-0.3, -0.25) is 0 Å². The largest absolute Gasteiger partial charge is 0.309 e. The molecular weight excluding hydrogens is 134 g/mol. The fourth-order valence-corrected chi connectivity index (χ4v) is 0.858. The highest BCUT2D eigenvalue weighted by atomic mass is 14.8. The lowest BCUT2D eigenvalue weighted by molar-refractivity contribution is 0.760. The second kappa shape index (κ2) is 4.69. The molecular formula is C10H12N. The van der Waals surface area contributed by atoms with Gasteiger partial charge in [0.05, 0.1) is 0 Å². The summed E-state index contributed by atoms with van der Waals surface area (Å²) in [6.45, 7) is 5.39. The highest BCUT2D eigenvalue weighted by Gasteiger charge is 1.86. The molecule has 1 rings (SSSR count). The molecule has 0 bridgehead atoms. The zero-order valence-corrected chi connectivity index (χ0v) is 6.51. The normalized spacial score (nSPS) is 9.45. The molecule has 1 heteroatoms. The lowest BCUT2D eigenvalue weighted by Gasteiger charge is -1.99. The maximum absolute atomic E-state index is 3.62. The standard InChI is InChI=1S/C10H12N/c1-2-8-11-9-10-6-4-3-5-7-10/h2,4-7,11H,1,8-9H2. The van der Waals surface area contributed by atoms with Gasteiger partial charge < -0.3 is 5.32 Å². The van der Waals surface area contributed by atoms with Gasteiger partial charge in [0, 0.05) is 13.1 Å². The van der Waals surface area contributed by atoms with Crippen LogP contribution in [0.4, 0.5) is 0 Å². The van der Waals surface area contributed by atoms with Gasteiger partial charge in [0.1, 0.15) is 0 Å². The summed E-state index contributed by atoms with van der Waals surface area (Å²) in [7, 11) is 0. The van der Waals surface area contributed by atoms with E-state index in [-0.39, 0.29) is 0 Å². The highest BCUT2D eigenvalue weighted by Crippen LogP contribution is 1.95. The van der Waals surface area contributed by atoms with E-state index in [2.05, 4.69) is 30.1 Å². The first-order valence-electron chi connectivity index (χ1n) is 3.70. The summed E-state index contributed by atoms with van der Waals surface area (Å²) >= 11 is 0. The molecule has 57 valence electrons. The second-order valence-electron chi connectivity index (χ2n) is 2.33. The molecule has 1 nitrogen and oxygen atoms in total. The molecule has 0 aromatic heterocycles. The van der Waals surface area contributed by atoms with Crippen molar-refractivity contribution in [2.24, 2.45) is 0 Å². The van der Waals surface area contributed by atoms with E-state index in [9.17, 15) is 0 Å². The third-order valence-corrected chi connectivity index (χ3v) is 1.41. The van der Waals surface area contributed by atoms with Gasteiger partial charge in [-0.2, -0.15) is 0 Å². The van der Waals surface area contributed by atoms with E-state index in [1.165, 1.54) is 5.56 Å². The predicted molar refractivity (Wildman–Crippen MR) is 47.2 cm³/mol. The van der Waals surface area contributed by atoms with Crippen LogP contribution < -0.4 is 5.32 Å². The predicted octanol–water partition coefficient (Wildman–Crippen LogP) is 1.76. The van der Waals surface area contributed by atoms with Crippen molar-refractivity contribution in [2.75, 3.05) is 6.54 Å². The average molecular weight is 146 g/mol. The van der Waals surface area contributed by atoms with Crippen molar-refractivity contribution in [3.8, 4) is 0 Å². The Hall–Kier alpha value is -1.08. The first kappa shape index (κ1) is 8.02. The fourth-order valence-electron chi connectivity index (χ4n) is 0.858. The Kier molecular flexibility index (Phi) is 3.42. The highest BCUT2D eigenvalue weighted by molar-refractivity contribution is 5.13. The minimum absolute atomic E-state index is 0.860. The van der Waals surface area contributed by atoms with Crippen LogP contribution in [0, 0.1) is 6.07 Å². The Bertz CT molecular complexity index is 203. The fraction of sp³-hybridized carbons (Fsp3) is 0.200. The van der Waals surface area contributed by atoms with Crippen LogP contribution in [-0.4, -0.2) is 6.54 Å². The smallest absolute Gasteiger partial charge is 0.0208 e.